The number of amides is 3. The van der Waals surface area contributed by atoms with Gasteiger partial charge in [-0.3, -0.25) is 24.2 Å². The van der Waals surface area contributed by atoms with Crippen LogP contribution >= 0.6 is 23.4 Å². The van der Waals surface area contributed by atoms with Crippen molar-refractivity contribution < 1.29 is 18.8 Å². The summed E-state index contributed by atoms with van der Waals surface area (Å²) in [5.41, 5.74) is 2.20. The van der Waals surface area contributed by atoms with Crippen LogP contribution in [0.25, 0.3) is 0 Å². The van der Waals surface area contributed by atoms with Crippen molar-refractivity contribution in [3.63, 3.8) is 0 Å². The molecule has 3 aromatic carbocycles. The zero-order valence-corrected chi connectivity index (χ0v) is 19.4. The van der Waals surface area contributed by atoms with Gasteiger partial charge >= 0.3 is 0 Å². The number of thioether (sulfide) groups is 1. The molecule has 2 aliphatic rings. The Bertz CT molecular complexity index is 1320. The Morgan fingerprint density at radius 3 is 2.62 bits per heavy atom. The van der Waals surface area contributed by atoms with Gasteiger partial charge in [0.05, 0.1) is 11.4 Å². The first-order chi connectivity index (χ1) is 16.4. The minimum absolute atomic E-state index is 0.0587. The SMILES string of the molecule is O=C(CN1C(=O)C2(SCC(=O)N2c2cccc(F)c2)c2ccccc21)NCc1ccccc1Cl. The molecule has 1 spiro atoms. The van der Waals surface area contributed by atoms with Gasteiger partial charge in [-0.1, -0.05) is 54.1 Å². The van der Waals surface area contributed by atoms with Crippen molar-refractivity contribution in [3.05, 3.63) is 94.8 Å². The van der Waals surface area contributed by atoms with Gasteiger partial charge in [0.15, 0.2) is 0 Å². The molecule has 2 aliphatic heterocycles. The van der Waals surface area contributed by atoms with Gasteiger partial charge < -0.3 is 5.32 Å². The van der Waals surface area contributed by atoms with Crippen LogP contribution in [0.1, 0.15) is 11.1 Å². The highest BCUT2D eigenvalue weighted by atomic mass is 35.5. The minimum atomic E-state index is -1.40. The number of halogens is 2. The highest BCUT2D eigenvalue weighted by molar-refractivity contribution is 8.02. The monoisotopic (exact) mass is 495 g/mol. The molecule has 1 saturated heterocycles. The molecule has 3 amide bonds. The molecule has 1 unspecified atom stereocenters. The van der Waals surface area contributed by atoms with Gasteiger partial charge in [-0.05, 0) is 35.9 Å². The number of anilines is 2. The molecule has 3 aromatic rings. The highest BCUT2D eigenvalue weighted by Crippen LogP contribution is 2.55. The second-order valence-electron chi connectivity index (χ2n) is 7.92. The fourth-order valence-electron chi connectivity index (χ4n) is 4.36. The molecule has 1 N–H and O–H groups in total. The van der Waals surface area contributed by atoms with E-state index in [1.807, 2.05) is 12.1 Å². The van der Waals surface area contributed by atoms with Gasteiger partial charge in [-0.2, -0.15) is 0 Å². The molecule has 0 aliphatic carbocycles. The Kier molecular flexibility index (Phi) is 5.79. The summed E-state index contributed by atoms with van der Waals surface area (Å²) in [7, 11) is 0. The first kappa shape index (κ1) is 22.4. The number of para-hydroxylation sites is 1. The summed E-state index contributed by atoms with van der Waals surface area (Å²) in [4.78, 5) is 41.0. The van der Waals surface area contributed by atoms with E-state index in [9.17, 15) is 18.8 Å². The number of nitrogens with one attached hydrogen (secondary N) is 1. The highest BCUT2D eigenvalue weighted by Gasteiger charge is 2.61. The summed E-state index contributed by atoms with van der Waals surface area (Å²) < 4.78 is 14.0. The summed E-state index contributed by atoms with van der Waals surface area (Å²) in [6.45, 7) is -0.0101. The lowest BCUT2D eigenvalue weighted by atomic mass is 10.0. The maximum absolute atomic E-state index is 14.0. The average molecular weight is 496 g/mol. The Balaban J connectivity index is 1.46. The minimum Gasteiger partial charge on any atom is -0.350 e. The van der Waals surface area contributed by atoms with Crippen molar-refractivity contribution in [2.24, 2.45) is 0 Å². The van der Waals surface area contributed by atoms with Gasteiger partial charge in [0, 0.05) is 22.8 Å². The van der Waals surface area contributed by atoms with E-state index in [1.54, 1.807) is 42.5 Å². The summed E-state index contributed by atoms with van der Waals surface area (Å²) >= 11 is 7.34. The second-order valence-corrected chi connectivity index (χ2v) is 9.49. The van der Waals surface area contributed by atoms with Gasteiger partial charge in [-0.15, -0.1) is 11.8 Å². The topological polar surface area (TPSA) is 69.7 Å². The molecule has 9 heteroatoms. The Labute approximate surface area is 204 Å². The van der Waals surface area contributed by atoms with E-state index in [0.717, 1.165) is 5.56 Å². The van der Waals surface area contributed by atoms with Crippen molar-refractivity contribution >= 4 is 52.5 Å². The van der Waals surface area contributed by atoms with Crippen LogP contribution in [0.2, 0.25) is 5.02 Å². The maximum atomic E-state index is 14.0. The van der Waals surface area contributed by atoms with Crippen molar-refractivity contribution in [1.29, 1.82) is 0 Å². The van der Waals surface area contributed by atoms with E-state index >= 15 is 0 Å². The maximum Gasteiger partial charge on any atom is 0.269 e. The van der Waals surface area contributed by atoms with Gasteiger partial charge in [0.25, 0.3) is 5.91 Å². The lowest BCUT2D eigenvalue weighted by molar-refractivity contribution is -0.125. The number of carbonyl (C=O) groups excluding carboxylic acids is 3. The summed E-state index contributed by atoms with van der Waals surface area (Å²) in [5.74, 6) is -1.53. The van der Waals surface area contributed by atoms with Gasteiger partial charge in [-0.25, -0.2) is 4.39 Å². The molecule has 34 heavy (non-hydrogen) atoms. The molecule has 5 rings (SSSR count). The van der Waals surface area contributed by atoms with Gasteiger partial charge in [0.1, 0.15) is 12.4 Å². The van der Waals surface area contributed by atoms with Crippen LogP contribution in [0, 0.1) is 5.82 Å². The largest absolute Gasteiger partial charge is 0.350 e. The second kappa shape index (κ2) is 8.77. The number of hydrogen-bond acceptors (Lipinski definition) is 4. The number of fused-ring (bicyclic) bond motifs is 2. The lowest BCUT2D eigenvalue weighted by Crippen LogP contribution is -2.51. The zero-order valence-electron chi connectivity index (χ0n) is 17.8. The Morgan fingerprint density at radius 2 is 1.82 bits per heavy atom. The quantitative estimate of drug-likeness (QED) is 0.579. The molecule has 0 aromatic heterocycles. The third kappa shape index (κ3) is 3.63. The number of hydrogen-bond donors (Lipinski definition) is 1. The molecule has 1 fully saturated rings. The molecule has 0 bridgehead atoms. The Morgan fingerprint density at radius 1 is 1.06 bits per heavy atom. The van der Waals surface area contributed by atoms with E-state index in [4.69, 9.17) is 11.6 Å². The fourth-order valence-corrected chi connectivity index (χ4v) is 5.92. The number of rotatable bonds is 5. The van der Waals surface area contributed by atoms with Gasteiger partial charge in [0.2, 0.25) is 16.7 Å². The summed E-state index contributed by atoms with van der Waals surface area (Å²) in [5, 5.41) is 3.34. The molecular formula is C25H19ClFN3O3S. The lowest BCUT2D eigenvalue weighted by Gasteiger charge is -2.33. The Hall–Kier alpha value is -3.36. The number of nitrogens with zero attached hydrogens (tertiary/aromatic N) is 2. The van der Waals surface area contributed by atoms with E-state index < -0.39 is 16.6 Å². The molecular weight excluding hydrogens is 477 g/mol. The van der Waals surface area contributed by atoms with E-state index in [0.29, 0.717) is 22.0 Å². The first-order valence-corrected chi connectivity index (χ1v) is 11.9. The average Bonchev–Trinajstić information content (AvgIpc) is 3.29. The number of benzene rings is 3. The van der Waals surface area contributed by atoms with E-state index in [2.05, 4.69) is 5.32 Å². The van der Waals surface area contributed by atoms with Crippen LogP contribution in [0.15, 0.2) is 72.8 Å². The predicted octanol–water partition coefficient (Wildman–Crippen LogP) is 4.07. The molecule has 0 radical (unpaired) electrons. The van der Waals surface area contributed by atoms with Crippen molar-refractivity contribution in [2.45, 2.75) is 11.4 Å². The standard InChI is InChI=1S/C25H19ClFN3O3S/c26-20-10-3-1-6-16(20)13-28-22(31)14-29-21-11-4-2-9-19(21)25(24(29)33)30(23(32)15-34-25)18-8-5-7-17(27)12-18/h1-12H,13-15H2,(H,28,31). The van der Waals surface area contributed by atoms with Crippen LogP contribution in [-0.2, 0) is 25.8 Å². The molecule has 172 valence electrons. The van der Waals surface area contributed by atoms with E-state index in [1.165, 1.54) is 39.8 Å². The van der Waals surface area contributed by atoms with Crippen molar-refractivity contribution in [3.8, 4) is 0 Å². The first-order valence-electron chi connectivity index (χ1n) is 10.6. The summed E-state index contributed by atoms with van der Waals surface area (Å²) in [6.07, 6.45) is 0. The molecule has 2 heterocycles. The zero-order chi connectivity index (χ0) is 23.9. The molecule has 1 atom stereocenters. The smallest absolute Gasteiger partial charge is 0.269 e. The van der Waals surface area contributed by atoms with Crippen LogP contribution < -0.4 is 15.1 Å². The molecule has 0 saturated carbocycles. The van der Waals surface area contributed by atoms with E-state index in [-0.39, 0.29) is 30.7 Å². The van der Waals surface area contributed by atoms with Crippen molar-refractivity contribution in [2.75, 3.05) is 22.1 Å². The normalized spacial score (nSPS) is 19.1. The predicted molar refractivity (Wildman–Crippen MR) is 130 cm³/mol. The third-order valence-corrected chi connectivity index (χ3v) is 7.62. The van der Waals surface area contributed by atoms with Crippen LogP contribution in [0.5, 0.6) is 0 Å². The molecule has 6 nitrogen and oxygen atoms in total. The van der Waals surface area contributed by atoms with Crippen LogP contribution in [0.3, 0.4) is 0 Å². The third-order valence-electron chi connectivity index (χ3n) is 5.87. The number of carbonyl (C=O) groups is 3. The van der Waals surface area contributed by atoms with Crippen LogP contribution in [0.4, 0.5) is 15.8 Å². The fraction of sp³-hybridized carbons (Fsp3) is 0.160. The van der Waals surface area contributed by atoms with Crippen molar-refractivity contribution in [1.82, 2.24) is 5.32 Å². The van der Waals surface area contributed by atoms with Crippen LogP contribution in [-0.4, -0.2) is 30.0 Å². The summed E-state index contributed by atoms with van der Waals surface area (Å²) in [6, 6.07) is 19.9.